The van der Waals surface area contributed by atoms with Crippen molar-refractivity contribution in [2.75, 3.05) is 6.54 Å². The van der Waals surface area contributed by atoms with Crippen molar-refractivity contribution >= 4 is 15.9 Å². The molecule has 1 aromatic rings. The average Bonchev–Trinajstić information content (AvgIpc) is 2.47. The Morgan fingerprint density at radius 1 is 1.35 bits per heavy atom. The van der Waals surface area contributed by atoms with Crippen LogP contribution in [0.3, 0.4) is 0 Å². The van der Waals surface area contributed by atoms with Gasteiger partial charge in [-0.25, -0.2) is 8.42 Å². The number of ether oxygens (including phenoxy) is 1. The number of carbonyl (C=O) groups is 1. The van der Waals surface area contributed by atoms with Crippen molar-refractivity contribution in [2.45, 2.75) is 37.3 Å². The van der Waals surface area contributed by atoms with Crippen LogP contribution < -0.4 is 10.5 Å². The fourth-order valence-electron chi connectivity index (χ4n) is 2.63. The highest BCUT2D eigenvalue weighted by Crippen LogP contribution is 2.32. The Bertz CT molecular complexity index is 681. The van der Waals surface area contributed by atoms with E-state index in [4.69, 9.17) is 5.73 Å². The summed E-state index contributed by atoms with van der Waals surface area (Å²) in [7, 11) is -4.09. The molecule has 1 heterocycles. The van der Waals surface area contributed by atoms with Gasteiger partial charge in [-0.3, -0.25) is 4.79 Å². The van der Waals surface area contributed by atoms with Crippen LogP contribution in [0.25, 0.3) is 0 Å². The highest BCUT2D eigenvalue weighted by atomic mass is 32.2. The Morgan fingerprint density at radius 3 is 2.61 bits per heavy atom. The number of alkyl halides is 2. The molecule has 6 nitrogen and oxygen atoms in total. The predicted molar refractivity (Wildman–Crippen MR) is 78.3 cm³/mol. The molecule has 2 rings (SSSR count). The molecule has 1 saturated heterocycles. The van der Waals surface area contributed by atoms with E-state index >= 15 is 0 Å². The molecule has 0 spiro atoms. The lowest BCUT2D eigenvalue weighted by Gasteiger charge is -2.36. The zero-order chi connectivity index (χ0) is 17.2. The predicted octanol–water partition coefficient (Wildman–Crippen LogP) is 1.56. The van der Waals surface area contributed by atoms with Crippen LogP contribution in [0.4, 0.5) is 8.78 Å². The summed E-state index contributed by atoms with van der Waals surface area (Å²) < 4.78 is 56.0. The number of piperidine rings is 1. The second-order valence-electron chi connectivity index (χ2n) is 5.43. The molecule has 0 bridgehead atoms. The zero-order valence-corrected chi connectivity index (χ0v) is 13.3. The summed E-state index contributed by atoms with van der Waals surface area (Å²) in [6.45, 7) is -1.50. The fourth-order valence-corrected chi connectivity index (χ4v) is 4.45. The summed E-state index contributed by atoms with van der Waals surface area (Å²) in [5, 5.41) is 0. The standard InChI is InChI=1S/C14H18F2N2O4S/c1-9-6-7-10(13(17)19)8-18(9)23(20,21)12-5-3-2-4-11(12)22-14(15)16/h2-5,9-10,14H,6-8H2,1H3,(H2,17,19)/t9-,10-/m1/s1. The number of hydrogen-bond donors (Lipinski definition) is 1. The summed E-state index contributed by atoms with van der Waals surface area (Å²) in [6, 6.07) is 4.83. The van der Waals surface area contributed by atoms with E-state index in [2.05, 4.69) is 4.74 Å². The number of rotatable bonds is 5. The first kappa shape index (κ1) is 17.6. The van der Waals surface area contributed by atoms with Crippen LogP contribution in [0, 0.1) is 5.92 Å². The third-order valence-electron chi connectivity index (χ3n) is 3.88. The quantitative estimate of drug-likeness (QED) is 0.874. The van der Waals surface area contributed by atoms with Crippen LogP contribution in [0.1, 0.15) is 19.8 Å². The molecule has 9 heteroatoms. The first-order valence-electron chi connectivity index (χ1n) is 7.08. The van der Waals surface area contributed by atoms with E-state index in [9.17, 15) is 22.0 Å². The molecule has 1 aliphatic rings. The van der Waals surface area contributed by atoms with Crippen LogP contribution >= 0.6 is 0 Å². The molecule has 1 aliphatic heterocycles. The third-order valence-corrected chi connectivity index (χ3v) is 5.90. The van der Waals surface area contributed by atoms with Crippen molar-refractivity contribution in [3.05, 3.63) is 24.3 Å². The van der Waals surface area contributed by atoms with Crippen molar-refractivity contribution < 1.29 is 26.7 Å². The zero-order valence-electron chi connectivity index (χ0n) is 12.5. The molecular formula is C14H18F2N2O4S. The Morgan fingerprint density at radius 2 is 2.00 bits per heavy atom. The van der Waals surface area contributed by atoms with E-state index in [0.29, 0.717) is 12.8 Å². The van der Waals surface area contributed by atoms with Gasteiger partial charge >= 0.3 is 6.61 Å². The van der Waals surface area contributed by atoms with Crippen molar-refractivity contribution in [1.29, 1.82) is 0 Å². The summed E-state index contributed by atoms with van der Waals surface area (Å²) >= 11 is 0. The second kappa shape index (κ2) is 6.79. The Balaban J connectivity index is 2.39. The van der Waals surface area contributed by atoms with Gasteiger partial charge in [-0.05, 0) is 31.9 Å². The number of halogens is 2. The van der Waals surface area contributed by atoms with E-state index in [1.807, 2.05) is 0 Å². The van der Waals surface area contributed by atoms with Crippen LogP contribution in [-0.2, 0) is 14.8 Å². The van der Waals surface area contributed by atoms with Crippen molar-refractivity contribution in [3.63, 3.8) is 0 Å². The monoisotopic (exact) mass is 348 g/mol. The summed E-state index contributed by atoms with van der Waals surface area (Å²) in [6.07, 6.45) is 0.961. The molecule has 128 valence electrons. The molecular weight excluding hydrogens is 330 g/mol. The molecule has 23 heavy (non-hydrogen) atoms. The number of nitrogens with two attached hydrogens (primary N) is 1. The lowest BCUT2D eigenvalue weighted by molar-refractivity contribution is -0.123. The minimum atomic E-state index is -4.09. The maximum atomic E-state index is 12.8. The Labute approximate surface area is 133 Å². The molecule has 0 saturated carbocycles. The largest absolute Gasteiger partial charge is 0.433 e. The minimum absolute atomic E-state index is 0.0676. The van der Waals surface area contributed by atoms with Crippen LogP contribution in [0.2, 0.25) is 0 Å². The summed E-state index contributed by atoms with van der Waals surface area (Å²) in [4.78, 5) is 11.0. The summed E-state index contributed by atoms with van der Waals surface area (Å²) in [5.74, 6) is -1.59. The lowest BCUT2D eigenvalue weighted by Crippen LogP contribution is -2.48. The smallest absolute Gasteiger partial charge is 0.387 e. The second-order valence-corrected chi connectivity index (χ2v) is 7.28. The van der Waals surface area contributed by atoms with Gasteiger partial charge < -0.3 is 10.5 Å². The van der Waals surface area contributed by atoms with Crippen LogP contribution in [0.5, 0.6) is 5.75 Å². The van der Waals surface area contributed by atoms with Crippen LogP contribution in [0.15, 0.2) is 29.2 Å². The van der Waals surface area contributed by atoms with Gasteiger partial charge in [0.15, 0.2) is 0 Å². The van der Waals surface area contributed by atoms with Gasteiger partial charge in [-0.15, -0.1) is 0 Å². The molecule has 1 aromatic carbocycles. The molecule has 1 fully saturated rings. The van der Waals surface area contributed by atoms with Gasteiger partial charge in [0.25, 0.3) is 0 Å². The maximum Gasteiger partial charge on any atom is 0.387 e. The van der Waals surface area contributed by atoms with Crippen LogP contribution in [-0.4, -0.2) is 37.8 Å². The fraction of sp³-hybridized carbons (Fsp3) is 0.500. The van der Waals surface area contributed by atoms with Gasteiger partial charge in [-0.1, -0.05) is 12.1 Å². The Hall–Kier alpha value is -1.74. The minimum Gasteiger partial charge on any atom is -0.433 e. The Kier molecular flexibility index (Phi) is 5.20. The number of benzene rings is 1. The highest BCUT2D eigenvalue weighted by molar-refractivity contribution is 7.89. The normalized spacial score (nSPS) is 23.0. The SMILES string of the molecule is C[C@@H]1CC[C@@H](C(N)=O)CN1S(=O)(=O)c1ccccc1OC(F)F. The number of amides is 1. The van der Waals surface area contributed by atoms with Gasteiger partial charge in [-0.2, -0.15) is 13.1 Å². The number of hydrogen-bond acceptors (Lipinski definition) is 4. The third kappa shape index (κ3) is 3.78. The number of carbonyl (C=O) groups excluding carboxylic acids is 1. The molecule has 0 radical (unpaired) electrons. The topological polar surface area (TPSA) is 89.7 Å². The van der Waals surface area contributed by atoms with Gasteiger partial charge in [0, 0.05) is 12.6 Å². The molecule has 2 N–H and O–H groups in total. The maximum absolute atomic E-state index is 12.8. The van der Waals surface area contributed by atoms with Crippen molar-refractivity contribution in [3.8, 4) is 5.75 Å². The lowest BCUT2D eigenvalue weighted by atomic mass is 9.95. The van der Waals surface area contributed by atoms with E-state index in [0.717, 1.165) is 4.31 Å². The average molecular weight is 348 g/mol. The number of para-hydroxylation sites is 1. The van der Waals surface area contributed by atoms with Gasteiger partial charge in [0.05, 0.1) is 5.92 Å². The highest BCUT2D eigenvalue weighted by Gasteiger charge is 2.38. The number of sulfonamides is 1. The number of nitrogens with zero attached hydrogens (tertiary/aromatic N) is 1. The first-order valence-corrected chi connectivity index (χ1v) is 8.52. The molecule has 2 atom stereocenters. The molecule has 0 unspecified atom stereocenters. The van der Waals surface area contributed by atoms with E-state index in [1.54, 1.807) is 6.92 Å². The molecule has 1 amide bonds. The van der Waals surface area contributed by atoms with E-state index < -0.39 is 34.2 Å². The molecule has 0 aliphatic carbocycles. The van der Waals surface area contributed by atoms with Gasteiger partial charge in [0.1, 0.15) is 10.6 Å². The summed E-state index contributed by atoms with van der Waals surface area (Å²) in [5.41, 5.74) is 5.27. The van der Waals surface area contributed by atoms with E-state index in [-0.39, 0.29) is 17.5 Å². The number of primary amides is 1. The van der Waals surface area contributed by atoms with Gasteiger partial charge in [0.2, 0.25) is 15.9 Å². The van der Waals surface area contributed by atoms with Crippen molar-refractivity contribution in [1.82, 2.24) is 4.31 Å². The van der Waals surface area contributed by atoms with Crippen molar-refractivity contribution in [2.24, 2.45) is 11.7 Å². The first-order chi connectivity index (χ1) is 10.7. The molecule has 0 aromatic heterocycles. The van der Waals surface area contributed by atoms with E-state index in [1.165, 1.54) is 24.3 Å².